The van der Waals surface area contributed by atoms with Crippen LogP contribution in [0, 0.1) is 20.8 Å². The molecule has 3 heterocycles. The number of aromatic nitrogens is 3. The first-order valence-electron chi connectivity index (χ1n) is 9.47. The number of hydrogen-bond donors (Lipinski definition) is 2. The SMILES string of the molecule is Cc1nc(C)n(CCCNC(=O)c2c(C)cc(C3CCCNC3)oc2=O)n1. The minimum absolute atomic E-state index is 0.0929. The maximum absolute atomic E-state index is 12.4. The molecule has 2 aromatic heterocycles. The molecule has 0 radical (unpaired) electrons. The van der Waals surface area contributed by atoms with E-state index in [1.165, 1.54) is 0 Å². The van der Waals surface area contributed by atoms with E-state index >= 15 is 0 Å². The normalized spacial score (nSPS) is 17.1. The summed E-state index contributed by atoms with van der Waals surface area (Å²) in [6, 6.07) is 1.83. The number of piperidine rings is 1. The molecule has 2 aromatic rings. The van der Waals surface area contributed by atoms with Crippen molar-refractivity contribution < 1.29 is 9.21 Å². The van der Waals surface area contributed by atoms with Gasteiger partial charge in [-0.1, -0.05) is 0 Å². The quantitative estimate of drug-likeness (QED) is 0.743. The van der Waals surface area contributed by atoms with Crippen LogP contribution in [0.5, 0.6) is 0 Å². The van der Waals surface area contributed by atoms with Gasteiger partial charge in [0.05, 0.1) is 0 Å². The Balaban J connectivity index is 1.59. The van der Waals surface area contributed by atoms with Crippen molar-refractivity contribution in [1.29, 1.82) is 0 Å². The molecule has 2 N–H and O–H groups in total. The molecule has 1 saturated heterocycles. The fraction of sp³-hybridized carbons (Fsp3) is 0.579. The Kier molecular flexibility index (Phi) is 6.05. The maximum Gasteiger partial charge on any atom is 0.349 e. The summed E-state index contributed by atoms with van der Waals surface area (Å²) in [5.41, 5.74) is 0.193. The van der Waals surface area contributed by atoms with Gasteiger partial charge in [-0.25, -0.2) is 9.78 Å². The fourth-order valence-electron chi connectivity index (χ4n) is 3.49. The Labute approximate surface area is 158 Å². The molecule has 27 heavy (non-hydrogen) atoms. The van der Waals surface area contributed by atoms with Crippen LogP contribution in [0.3, 0.4) is 0 Å². The van der Waals surface area contributed by atoms with Crippen molar-refractivity contribution in [3.63, 3.8) is 0 Å². The molecular formula is C19H27N5O3. The van der Waals surface area contributed by atoms with Gasteiger partial charge in [0.2, 0.25) is 0 Å². The number of carbonyl (C=O) groups is 1. The van der Waals surface area contributed by atoms with Crippen molar-refractivity contribution in [1.82, 2.24) is 25.4 Å². The van der Waals surface area contributed by atoms with Crippen LogP contribution in [-0.2, 0) is 6.54 Å². The lowest BCUT2D eigenvalue weighted by Crippen LogP contribution is -2.32. The second kappa shape index (κ2) is 8.47. The number of nitrogens with zero attached hydrogens (tertiary/aromatic N) is 3. The van der Waals surface area contributed by atoms with Crippen molar-refractivity contribution in [3.05, 3.63) is 45.0 Å². The Morgan fingerprint density at radius 3 is 2.85 bits per heavy atom. The molecule has 1 atom stereocenters. The Bertz CT molecular complexity index is 865. The van der Waals surface area contributed by atoms with Gasteiger partial charge >= 0.3 is 5.63 Å². The van der Waals surface area contributed by atoms with Crippen LogP contribution < -0.4 is 16.3 Å². The number of amides is 1. The monoisotopic (exact) mass is 373 g/mol. The van der Waals surface area contributed by atoms with Crippen molar-refractivity contribution >= 4 is 5.91 Å². The number of carbonyl (C=O) groups excluding carboxylic acids is 1. The van der Waals surface area contributed by atoms with Crippen molar-refractivity contribution in [2.24, 2.45) is 0 Å². The predicted molar refractivity (Wildman–Crippen MR) is 101 cm³/mol. The largest absolute Gasteiger partial charge is 0.427 e. The molecule has 3 rings (SSSR count). The fourth-order valence-corrected chi connectivity index (χ4v) is 3.49. The van der Waals surface area contributed by atoms with E-state index in [4.69, 9.17) is 4.42 Å². The third kappa shape index (κ3) is 4.63. The molecule has 8 heteroatoms. The second-order valence-electron chi connectivity index (χ2n) is 7.08. The topological polar surface area (TPSA) is 102 Å². The predicted octanol–water partition coefficient (Wildman–Crippen LogP) is 1.44. The van der Waals surface area contributed by atoms with E-state index in [0.29, 0.717) is 30.8 Å². The molecule has 1 unspecified atom stereocenters. The van der Waals surface area contributed by atoms with Crippen molar-refractivity contribution in [2.45, 2.75) is 52.5 Å². The minimum Gasteiger partial charge on any atom is -0.427 e. The molecule has 146 valence electrons. The first kappa shape index (κ1) is 19.3. The Hall–Kier alpha value is -2.48. The van der Waals surface area contributed by atoms with Gasteiger partial charge in [0.15, 0.2) is 0 Å². The van der Waals surface area contributed by atoms with E-state index in [0.717, 1.165) is 37.6 Å². The van der Waals surface area contributed by atoms with E-state index < -0.39 is 5.63 Å². The zero-order valence-electron chi connectivity index (χ0n) is 16.2. The molecule has 1 aliphatic rings. The average Bonchev–Trinajstić information content (AvgIpc) is 2.96. The highest BCUT2D eigenvalue weighted by molar-refractivity contribution is 5.95. The van der Waals surface area contributed by atoms with E-state index in [-0.39, 0.29) is 17.4 Å². The lowest BCUT2D eigenvalue weighted by molar-refractivity contribution is 0.0947. The van der Waals surface area contributed by atoms with E-state index in [1.807, 2.05) is 24.6 Å². The summed E-state index contributed by atoms with van der Waals surface area (Å²) in [5, 5.41) is 10.4. The summed E-state index contributed by atoms with van der Waals surface area (Å²) >= 11 is 0. The standard InChI is InChI=1S/C19H27N5O3/c1-12-10-16(15-6-4-7-20-11-15)27-19(26)17(12)18(25)21-8-5-9-24-14(3)22-13(2)23-24/h10,15,20H,4-9,11H2,1-3H3,(H,21,25). The molecule has 8 nitrogen and oxygen atoms in total. The highest BCUT2D eigenvalue weighted by Gasteiger charge is 2.22. The van der Waals surface area contributed by atoms with Crippen LogP contribution in [0.1, 0.15) is 58.5 Å². The lowest BCUT2D eigenvalue weighted by atomic mass is 9.95. The Morgan fingerprint density at radius 2 is 2.22 bits per heavy atom. The van der Waals surface area contributed by atoms with Gasteiger partial charge in [-0.3, -0.25) is 9.48 Å². The van der Waals surface area contributed by atoms with Crippen LogP contribution in [-0.4, -0.2) is 40.3 Å². The number of hydrogen-bond acceptors (Lipinski definition) is 6. The number of rotatable bonds is 6. The molecule has 1 fully saturated rings. The zero-order chi connectivity index (χ0) is 19.4. The zero-order valence-corrected chi connectivity index (χ0v) is 16.2. The molecular weight excluding hydrogens is 346 g/mol. The molecule has 1 amide bonds. The summed E-state index contributed by atoms with van der Waals surface area (Å²) in [6.45, 7) is 8.44. The molecule has 1 aliphatic heterocycles. The van der Waals surface area contributed by atoms with E-state index in [9.17, 15) is 9.59 Å². The summed E-state index contributed by atoms with van der Waals surface area (Å²) in [4.78, 5) is 29.1. The highest BCUT2D eigenvalue weighted by atomic mass is 16.4. The van der Waals surface area contributed by atoms with Crippen LogP contribution >= 0.6 is 0 Å². The van der Waals surface area contributed by atoms with Gasteiger partial charge in [-0.05, 0) is 58.2 Å². The van der Waals surface area contributed by atoms with Crippen LogP contribution in [0.2, 0.25) is 0 Å². The first-order valence-corrected chi connectivity index (χ1v) is 9.47. The van der Waals surface area contributed by atoms with Gasteiger partial charge in [-0.2, -0.15) is 5.10 Å². The summed E-state index contributed by atoms with van der Waals surface area (Å²) in [6.07, 6.45) is 2.74. The van der Waals surface area contributed by atoms with Crippen molar-refractivity contribution in [2.75, 3.05) is 19.6 Å². The van der Waals surface area contributed by atoms with E-state index in [1.54, 1.807) is 6.92 Å². The molecule has 0 spiro atoms. The minimum atomic E-state index is -0.559. The van der Waals surface area contributed by atoms with Gasteiger partial charge in [0, 0.05) is 25.6 Å². The molecule has 0 bridgehead atoms. The second-order valence-corrected chi connectivity index (χ2v) is 7.08. The summed E-state index contributed by atoms with van der Waals surface area (Å²) in [5.74, 6) is 2.05. The van der Waals surface area contributed by atoms with E-state index in [2.05, 4.69) is 20.7 Å². The highest BCUT2D eigenvalue weighted by Crippen LogP contribution is 2.23. The Morgan fingerprint density at radius 1 is 1.41 bits per heavy atom. The first-order chi connectivity index (χ1) is 13.0. The van der Waals surface area contributed by atoms with Crippen molar-refractivity contribution in [3.8, 4) is 0 Å². The van der Waals surface area contributed by atoms with Gasteiger partial charge in [0.25, 0.3) is 5.91 Å². The number of nitrogens with one attached hydrogen (secondary N) is 2. The molecule has 0 aromatic carbocycles. The molecule has 0 saturated carbocycles. The van der Waals surface area contributed by atoms with Gasteiger partial charge in [-0.15, -0.1) is 0 Å². The smallest absolute Gasteiger partial charge is 0.349 e. The summed E-state index contributed by atoms with van der Waals surface area (Å²) in [7, 11) is 0. The lowest BCUT2D eigenvalue weighted by Gasteiger charge is -2.22. The van der Waals surface area contributed by atoms with Crippen LogP contribution in [0.15, 0.2) is 15.3 Å². The number of aryl methyl sites for hydroxylation is 4. The third-order valence-corrected chi connectivity index (χ3v) is 4.89. The summed E-state index contributed by atoms with van der Waals surface area (Å²) < 4.78 is 7.28. The van der Waals surface area contributed by atoms with Gasteiger partial charge < -0.3 is 15.1 Å². The van der Waals surface area contributed by atoms with Crippen LogP contribution in [0.4, 0.5) is 0 Å². The average molecular weight is 373 g/mol. The maximum atomic E-state index is 12.4. The van der Waals surface area contributed by atoms with Crippen LogP contribution in [0.25, 0.3) is 0 Å². The third-order valence-electron chi connectivity index (χ3n) is 4.89. The molecule has 0 aliphatic carbocycles. The van der Waals surface area contributed by atoms with Gasteiger partial charge in [0.1, 0.15) is 23.0 Å².